The van der Waals surface area contributed by atoms with Gasteiger partial charge in [-0.3, -0.25) is 0 Å². The lowest BCUT2D eigenvalue weighted by Crippen LogP contribution is -2.44. The molecular formula is C23H32N7O. The average molecular weight is 423 g/mol. The Morgan fingerprint density at radius 3 is 2.84 bits per heavy atom. The van der Waals surface area contributed by atoms with Crippen LogP contribution in [-0.4, -0.2) is 67.9 Å². The second-order valence-electron chi connectivity index (χ2n) is 7.24. The van der Waals surface area contributed by atoms with Gasteiger partial charge in [0.05, 0.1) is 18.7 Å². The summed E-state index contributed by atoms with van der Waals surface area (Å²) < 4.78 is 5.66. The molecule has 1 fully saturated rings. The van der Waals surface area contributed by atoms with Crippen LogP contribution in [-0.2, 0) is 4.74 Å². The maximum atomic E-state index is 9.19. The molecule has 2 aliphatic rings. The first kappa shape index (κ1) is 22.1. The molecule has 1 aromatic rings. The number of hydrogen-bond acceptors (Lipinski definition) is 8. The van der Waals surface area contributed by atoms with Crippen LogP contribution in [0.25, 0.3) is 0 Å². The van der Waals surface area contributed by atoms with Crippen molar-refractivity contribution in [2.24, 2.45) is 4.99 Å². The molecule has 1 aliphatic carbocycles. The number of piperazine rings is 1. The van der Waals surface area contributed by atoms with E-state index >= 15 is 0 Å². The van der Waals surface area contributed by atoms with Gasteiger partial charge in [-0.15, -0.1) is 0 Å². The molecule has 0 bridgehead atoms. The summed E-state index contributed by atoms with van der Waals surface area (Å²) >= 11 is 0. The summed E-state index contributed by atoms with van der Waals surface area (Å²) in [6.07, 6.45) is 9.40. The lowest BCUT2D eigenvalue weighted by molar-refractivity contribution is 0.187. The van der Waals surface area contributed by atoms with E-state index in [0.717, 1.165) is 43.3 Å². The van der Waals surface area contributed by atoms with Gasteiger partial charge in [-0.25, -0.2) is 9.98 Å². The summed E-state index contributed by atoms with van der Waals surface area (Å²) in [6.45, 7) is 11.2. The molecule has 1 aliphatic heterocycles. The van der Waals surface area contributed by atoms with Gasteiger partial charge in [0, 0.05) is 65.2 Å². The maximum Gasteiger partial charge on any atom is 0.147 e. The second kappa shape index (κ2) is 10.5. The minimum atomic E-state index is -0.139. The van der Waals surface area contributed by atoms with Gasteiger partial charge < -0.3 is 25.2 Å². The van der Waals surface area contributed by atoms with Crippen molar-refractivity contribution in [3.63, 3.8) is 0 Å². The van der Waals surface area contributed by atoms with Crippen LogP contribution >= 0.6 is 0 Å². The third kappa shape index (κ3) is 5.53. The highest BCUT2D eigenvalue weighted by atomic mass is 16.5. The second-order valence-corrected chi connectivity index (χ2v) is 7.24. The Morgan fingerprint density at radius 2 is 2.19 bits per heavy atom. The Hall–Kier alpha value is -3.57. The Balaban J connectivity index is 0.00000272. The van der Waals surface area contributed by atoms with Crippen LogP contribution in [0.3, 0.4) is 0 Å². The number of allylic oxidation sites excluding steroid dienone is 3. The highest BCUT2D eigenvalue weighted by molar-refractivity contribution is 5.59. The van der Waals surface area contributed by atoms with E-state index in [2.05, 4.69) is 69.3 Å². The smallest absolute Gasteiger partial charge is 0.147 e. The molecule has 2 heterocycles. The molecule has 31 heavy (non-hydrogen) atoms. The summed E-state index contributed by atoms with van der Waals surface area (Å²) in [6, 6.07) is 5.53. The first-order valence-corrected chi connectivity index (χ1v) is 10.0. The number of methoxy groups -OCH3 is 1. The highest BCUT2D eigenvalue weighted by Gasteiger charge is 2.23. The fourth-order valence-electron chi connectivity index (χ4n) is 3.41. The number of pyridine rings is 1. The first-order chi connectivity index (χ1) is 15.1. The van der Waals surface area contributed by atoms with Gasteiger partial charge in [0.1, 0.15) is 23.5 Å². The lowest BCUT2D eigenvalue weighted by Gasteiger charge is -2.36. The van der Waals surface area contributed by atoms with Gasteiger partial charge in [0.2, 0.25) is 0 Å². The molecule has 8 nitrogen and oxygen atoms in total. The van der Waals surface area contributed by atoms with Gasteiger partial charge in [-0.2, -0.15) is 5.26 Å². The monoisotopic (exact) mass is 422 g/mol. The Kier molecular flexibility index (Phi) is 7.46. The van der Waals surface area contributed by atoms with Crippen LogP contribution in [0.2, 0.25) is 0 Å². The minimum absolute atomic E-state index is 0. The van der Waals surface area contributed by atoms with Crippen molar-refractivity contribution in [1.29, 1.82) is 5.26 Å². The van der Waals surface area contributed by atoms with Gasteiger partial charge in [-0.1, -0.05) is 12.7 Å². The molecule has 1 atom stereocenters. The summed E-state index contributed by atoms with van der Waals surface area (Å²) in [5, 5.41) is 15.7. The Bertz CT molecular complexity index is 960. The predicted octanol–water partition coefficient (Wildman–Crippen LogP) is 3.27. The van der Waals surface area contributed by atoms with Crippen molar-refractivity contribution in [3.05, 3.63) is 72.4 Å². The van der Waals surface area contributed by atoms with Crippen molar-refractivity contribution >= 4 is 18.2 Å². The predicted molar refractivity (Wildman–Crippen MR) is 128 cm³/mol. The first-order valence-electron chi connectivity index (χ1n) is 10.0. The number of anilines is 2. The SMILES string of the molecule is C=C/C(C#N)=C(\N=C)Nc1ccnc(NC2[CH]C=C(N3CCN(C)CC3)C=C2OC)c1.[HH].[HH]. The molecule has 1 aromatic heterocycles. The number of nitrogens with zero attached hydrogens (tertiary/aromatic N) is 5. The Morgan fingerprint density at radius 1 is 1.42 bits per heavy atom. The summed E-state index contributed by atoms with van der Waals surface area (Å²) in [5.41, 5.74) is 2.20. The minimum Gasteiger partial charge on any atom is -0.499 e. The van der Waals surface area contributed by atoms with Crippen molar-refractivity contribution in [1.82, 2.24) is 14.8 Å². The number of aliphatic imine (C=N–C) groups is 1. The van der Waals surface area contributed by atoms with E-state index in [4.69, 9.17) is 4.74 Å². The van der Waals surface area contributed by atoms with E-state index in [1.165, 1.54) is 6.08 Å². The number of nitriles is 1. The lowest BCUT2D eigenvalue weighted by atomic mass is 10.0. The molecule has 8 heteroatoms. The molecule has 3 rings (SSSR count). The van der Waals surface area contributed by atoms with Crippen LogP contribution in [0.1, 0.15) is 2.85 Å². The maximum absolute atomic E-state index is 9.19. The molecule has 1 unspecified atom stereocenters. The van der Waals surface area contributed by atoms with E-state index in [-0.39, 0.29) is 8.90 Å². The van der Waals surface area contributed by atoms with Gasteiger partial charge in [-0.05, 0) is 25.9 Å². The van der Waals surface area contributed by atoms with Crippen LogP contribution in [0.5, 0.6) is 0 Å². The number of rotatable bonds is 8. The number of nitrogens with one attached hydrogen (secondary N) is 2. The van der Waals surface area contributed by atoms with E-state index in [9.17, 15) is 5.26 Å². The van der Waals surface area contributed by atoms with Gasteiger partial charge >= 0.3 is 0 Å². The van der Waals surface area contributed by atoms with Crippen LogP contribution in [0, 0.1) is 17.8 Å². The topological polar surface area (TPSA) is 88.8 Å². The molecule has 0 amide bonds. The zero-order valence-electron chi connectivity index (χ0n) is 18.0. The molecular weight excluding hydrogens is 390 g/mol. The molecule has 0 aromatic carbocycles. The molecule has 0 spiro atoms. The zero-order valence-corrected chi connectivity index (χ0v) is 18.0. The van der Waals surface area contributed by atoms with Crippen LogP contribution in [0.15, 0.2) is 71.0 Å². The van der Waals surface area contributed by atoms with E-state index in [0.29, 0.717) is 17.2 Å². The molecule has 1 saturated heterocycles. The standard InChI is InChI=1S/C23H28N7O.2H2/c1-5-17(16-24)23(25-2)27-18-8-9-26-22(14-18)28-20-7-6-19(15-21(20)31-4)30-12-10-29(3)11-13-30;;/h5-9,14-15,20H,1-2,10-13H2,3-4H3,(H2,26,27,28);2*1H/b23-17-;;. The third-order valence-corrected chi connectivity index (χ3v) is 5.22. The van der Waals surface area contributed by atoms with E-state index < -0.39 is 0 Å². The van der Waals surface area contributed by atoms with Crippen molar-refractivity contribution in [2.45, 2.75) is 6.04 Å². The molecule has 165 valence electrons. The molecule has 0 saturated carbocycles. The zero-order chi connectivity index (χ0) is 22.2. The normalized spacial score (nSPS) is 19.9. The summed E-state index contributed by atoms with van der Waals surface area (Å²) in [7, 11) is 3.83. The Labute approximate surface area is 186 Å². The van der Waals surface area contributed by atoms with E-state index in [1.807, 2.05) is 12.1 Å². The van der Waals surface area contributed by atoms with E-state index in [1.54, 1.807) is 19.4 Å². The number of aromatic nitrogens is 1. The van der Waals surface area contributed by atoms with Crippen LogP contribution in [0.4, 0.5) is 11.5 Å². The average Bonchev–Trinajstić information content (AvgIpc) is 2.80. The number of likely N-dealkylation sites (N-methyl/N-ethyl adjacent to an activating group) is 1. The van der Waals surface area contributed by atoms with Crippen molar-refractivity contribution in [3.8, 4) is 6.07 Å². The summed E-state index contributed by atoms with van der Waals surface area (Å²) in [4.78, 5) is 13.0. The van der Waals surface area contributed by atoms with Crippen LogP contribution < -0.4 is 10.6 Å². The van der Waals surface area contributed by atoms with Gasteiger partial charge in [0.25, 0.3) is 0 Å². The quantitative estimate of drug-likeness (QED) is 0.378. The molecule has 2 N–H and O–H groups in total. The fraction of sp³-hybridized carbons (Fsp3) is 0.304. The number of hydrogen-bond donors (Lipinski definition) is 2. The van der Waals surface area contributed by atoms with Gasteiger partial charge in [0.15, 0.2) is 0 Å². The highest BCUT2D eigenvalue weighted by Crippen LogP contribution is 2.25. The fourth-order valence-corrected chi connectivity index (χ4v) is 3.41. The van der Waals surface area contributed by atoms with Crippen molar-refractivity contribution < 1.29 is 7.59 Å². The third-order valence-electron chi connectivity index (χ3n) is 5.22. The number of ether oxygens (including phenoxy) is 1. The largest absolute Gasteiger partial charge is 0.499 e. The summed E-state index contributed by atoms with van der Waals surface area (Å²) in [5.74, 6) is 1.82. The molecule has 1 radical (unpaired) electrons. The van der Waals surface area contributed by atoms with Crippen molar-refractivity contribution in [2.75, 3.05) is 51.0 Å².